The highest BCUT2D eigenvalue weighted by molar-refractivity contribution is 9.10. The van der Waals surface area contributed by atoms with Gasteiger partial charge in [0.1, 0.15) is 17.8 Å². The van der Waals surface area contributed by atoms with Gasteiger partial charge in [0.15, 0.2) is 0 Å². The highest BCUT2D eigenvalue weighted by Gasteiger charge is 2.20. The van der Waals surface area contributed by atoms with Crippen molar-refractivity contribution in [1.82, 2.24) is 9.97 Å². The van der Waals surface area contributed by atoms with Crippen LogP contribution in [0.15, 0.2) is 28.9 Å². The molecule has 0 aliphatic heterocycles. The van der Waals surface area contributed by atoms with Gasteiger partial charge in [-0.25, -0.2) is 9.37 Å². The Morgan fingerprint density at radius 3 is 2.90 bits per heavy atom. The topological polar surface area (TPSA) is 90.2 Å². The van der Waals surface area contributed by atoms with Crippen molar-refractivity contribution in [2.45, 2.75) is 6.92 Å². The van der Waals surface area contributed by atoms with Crippen molar-refractivity contribution in [3.05, 3.63) is 44.8 Å². The van der Waals surface area contributed by atoms with Crippen LogP contribution in [0.25, 0.3) is 0 Å². The first-order chi connectivity index (χ1) is 10.0. The van der Waals surface area contributed by atoms with Gasteiger partial charge < -0.3 is 10.1 Å². The molecule has 1 aromatic carbocycles. The molecule has 0 fully saturated rings. The summed E-state index contributed by atoms with van der Waals surface area (Å²) >= 11 is 3.01. The smallest absolute Gasteiger partial charge is 0.349 e. The van der Waals surface area contributed by atoms with Gasteiger partial charge in [-0.15, -0.1) is 0 Å². The number of nitrogens with zero attached hydrogens (tertiary/aromatic N) is 3. The van der Waals surface area contributed by atoms with Gasteiger partial charge in [0.2, 0.25) is 5.95 Å². The number of anilines is 1. The van der Waals surface area contributed by atoms with Crippen LogP contribution in [0.4, 0.5) is 16.0 Å². The first kappa shape index (κ1) is 15.1. The Balaban J connectivity index is 2.37. The first-order valence-corrected chi connectivity index (χ1v) is 6.68. The third-order valence-electron chi connectivity index (χ3n) is 2.37. The Hall–Kier alpha value is -2.29. The van der Waals surface area contributed by atoms with Crippen molar-refractivity contribution < 1.29 is 14.1 Å². The number of hydrogen-bond acceptors (Lipinski definition) is 6. The van der Waals surface area contributed by atoms with Crippen LogP contribution >= 0.6 is 15.9 Å². The second-order valence-electron chi connectivity index (χ2n) is 3.85. The molecule has 1 N–H and O–H groups in total. The number of halogens is 2. The van der Waals surface area contributed by atoms with Crippen molar-refractivity contribution in [3.8, 4) is 11.6 Å². The van der Waals surface area contributed by atoms with Gasteiger partial charge in [0, 0.05) is 6.54 Å². The largest absolute Gasteiger partial charge is 0.434 e. The van der Waals surface area contributed by atoms with E-state index in [0.717, 1.165) is 6.20 Å². The van der Waals surface area contributed by atoms with Crippen LogP contribution < -0.4 is 10.1 Å². The van der Waals surface area contributed by atoms with Crippen molar-refractivity contribution in [1.29, 1.82) is 0 Å². The molecule has 21 heavy (non-hydrogen) atoms. The van der Waals surface area contributed by atoms with E-state index in [1.54, 1.807) is 0 Å². The summed E-state index contributed by atoms with van der Waals surface area (Å²) in [7, 11) is 0. The fourth-order valence-corrected chi connectivity index (χ4v) is 1.81. The lowest BCUT2D eigenvalue weighted by molar-refractivity contribution is -0.386. The van der Waals surface area contributed by atoms with Crippen LogP contribution in [0, 0.1) is 15.9 Å². The van der Waals surface area contributed by atoms with E-state index < -0.39 is 10.7 Å². The lowest BCUT2D eigenvalue weighted by Gasteiger charge is -2.07. The van der Waals surface area contributed by atoms with Crippen molar-refractivity contribution in [2.75, 3.05) is 11.9 Å². The molecule has 0 radical (unpaired) electrons. The summed E-state index contributed by atoms with van der Waals surface area (Å²) in [5, 5.41) is 13.8. The van der Waals surface area contributed by atoms with Crippen molar-refractivity contribution in [3.63, 3.8) is 0 Å². The van der Waals surface area contributed by atoms with E-state index in [9.17, 15) is 14.5 Å². The zero-order valence-corrected chi connectivity index (χ0v) is 12.4. The van der Waals surface area contributed by atoms with Crippen LogP contribution in [0.2, 0.25) is 0 Å². The van der Waals surface area contributed by atoms with E-state index in [4.69, 9.17) is 4.74 Å². The molecule has 0 spiro atoms. The van der Waals surface area contributed by atoms with Crippen molar-refractivity contribution in [2.24, 2.45) is 0 Å². The van der Waals surface area contributed by atoms with E-state index >= 15 is 0 Å². The molecule has 0 saturated carbocycles. The van der Waals surface area contributed by atoms with Gasteiger partial charge in [0.05, 0.1) is 9.40 Å². The average Bonchev–Trinajstić information content (AvgIpc) is 2.43. The summed E-state index contributed by atoms with van der Waals surface area (Å²) < 4.78 is 18.7. The zero-order chi connectivity index (χ0) is 15.4. The second kappa shape index (κ2) is 6.44. The lowest BCUT2D eigenvalue weighted by atomic mass is 10.3. The molecular formula is C12H10BrFN4O3. The molecule has 110 valence electrons. The predicted molar refractivity (Wildman–Crippen MR) is 77.0 cm³/mol. The number of hydrogen-bond donors (Lipinski definition) is 1. The highest BCUT2D eigenvalue weighted by atomic mass is 79.9. The number of benzene rings is 1. The number of nitrogens with one attached hydrogen (secondary N) is 1. The summed E-state index contributed by atoms with van der Waals surface area (Å²) in [6, 6.07) is 3.88. The minimum absolute atomic E-state index is 0.184. The second-order valence-corrected chi connectivity index (χ2v) is 4.70. The molecule has 0 amide bonds. The van der Waals surface area contributed by atoms with Crippen LogP contribution in [-0.4, -0.2) is 21.4 Å². The van der Waals surface area contributed by atoms with Gasteiger partial charge in [-0.1, -0.05) is 0 Å². The predicted octanol–water partition coefficient (Wildman–Crippen LogP) is 3.51. The molecule has 0 aliphatic rings. The Labute approximate surface area is 127 Å². The van der Waals surface area contributed by atoms with Gasteiger partial charge in [-0.2, -0.15) is 4.98 Å². The molecule has 2 rings (SSSR count). The van der Waals surface area contributed by atoms with E-state index in [-0.39, 0.29) is 27.7 Å². The summed E-state index contributed by atoms with van der Waals surface area (Å²) in [6.45, 7) is 2.39. The van der Waals surface area contributed by atoms with E-state index in [1.165, 1.54) is 18.2 Å². The highest BCUT2D eigenvalue weighted by Crippen LogP contribution is 2.31. The Kier molecular flexibility index (Phi) is 4.63. The van der Waals surface area contributed by atoms with Crippen molar-refractivity contribution >= 4 is 27.6 Å². The quantitative estimate of drug-likeness (QED) is 0.651. The molecule has 0 bridgehead atoms. The summed E-state index contributed by atoms with van der Waals surface area (Å²) in [5.41, 5.74) is -0.378. The minimum atomic E-state index is -0.649. The van der Waals surface area contributed by atoms with Crippen LogP contribution in [0.5, 0.6) is 11.6 Å². The molecule has 2 aromatic rings. The molecule has 1 heterocycles. The maximum absolute atomic E-state index is 13.2. The Morgan fingerprint density at radius 1 is 1.52 bits per heavy atom. The fourth-order valence-electron chi connectivity index (χ4n) is 1.46. The van der Waals surface area contributed by atoms with Crippen LogP contribution in [0.1, 0.15) is 6.92 Å². The molecule has 0 atom stereocenters. The number of ether oxygens (including phenoxy) is 1. The van der Waals surface area contributed by atoms with E-state index in [0.29, 0.717) is 6.54 Å². The van der Waals surface area contributed by atoms with E-state index in [1.807, 2.05) is 6.92 Å². The fraction of sp³-hybridized carbons (Fsp3) is 0.167. The molecule has 0 saturated heterocycles. The lowest BCUT2D eigenvalue weighted by Crippen LogP contribution is -2.05. The normalized spacial score (nSPS) is 10.2. The standard InChI is InChI=1S/C12H10BrFN4O3/c1-2-15-12-16-6-10(18(19)20)11(17-12)21-7-3-4-9(14)8(13)5-7/h3-6H,2H2,1H3,(H,15,16,17). The summed E-state index contributed by atoms with van der Waals surface area (Å²) in [6.07, 6.45) is 1.05. The van der Waals surface area contributed by atoms with Gasteiger partial charge in [-0.3, -0.25) is 10.1 Å². The minimum Gasteiger partial charge on any atom is -0.434 e. The number of rotatable bonds is 5. The molecule has 0 unspecified atom stereocenters. The summed E-state index contributed by atoms with van der Waals surface area (Å²) in [5.74, 6) is -0.260. The van der Waals surface area contributed by atoms with E-state index in [2.05, 4.69) is 31.2 Å². The summed E-state index contributed by atoms with van der Waals surface area (Å²) in [4.78, 5) is 18.1. The van der Waals surface area contributed by atoms with Crippen LogP contribution in [0.3, 0.4) is 0 Å². The van der Waals surface area contributed by atoms with Gasteiger partial charge in [-0.05, 0) is 41.1 Å². The molecular weight excluding hydrogens is 347 g/mol. The monoisotopic (exact) mass is 356 g/mol. The molecule has 7 nitrogen and oxygen atoms in total. The number of nitro groups is 1. The SMILES string of the molecule is CCNc1ncc([N+](=O)[O-])c(Oc2ccc(F)c(Br)c2)n1. The maximum atomic E-state index is 13.2. The third-order valence-corrected chi connectivity index (χ3v) is 2.98. The molecule has 0 aliphatic carbocycles. The molecule has 9 heteroatoms. The average molecular weight is 357 g/mol. The zero-order valence-electron chi connectivity index (χ0n) is 10.8. The maximum Gasteiger partial charge on any atom is 0.349 e. The van der Waals surface area contributed by atoms with Gasteiger partial charge >= 0.3 is 11.6 Å². The molecule has 1 aromatic heterocycles. The van der Waals surface area contributed by atoms with Gasteiger partial charge in [0.25, 0.3) is 0 Å². The number of aromatic nitrogens is 2. The third kappa shape index (κ3) is 3.63. The van der Waals surface area contributed by atoms with Crippen LogP contribution in [-0.2, 0) is 0 Å². The first-order valence-electron chi connectivity index (χ1n) is 5.89. The Bertz CT molecular complexity index is 684. The Morgan fingerprint density at radius 2 is 2.29 bits per heavy atom.